The number of benzene rings is 2. The van der Waals surface area contributed by atoms with Gasteiger partial charge in [-0.15, -0.1) is 0 Å². The van der Waals surface area contributed by atoms with Gasteiger partial charge >= 0.3 is 0 Å². The zero-order valence-corrected chi connectivity index (χ0v) is 23.4. The summed E-state index contributed by atoms with van der Waals surface area (Å²) in [6, 6.07) is 11.3. The van der Waals surface area contributed by atoms with Crippen LogP contribution in [0.2, 0.25) is 0 Å². The van der Waals surface area contributed by atoms with Gasteiger partial charge in [0.05, 0.1) is 17.5 Å². The van der Waals surface area contributed by atoms with Gasteiger partial charge in [0.2, 0.25) is 17.7 Å². The van der Waals surface area contributed by atoms with Crippen LogP contribution in [0.15, 0.2) is 54.7 Å². The first-order valence-corrected chi connectivity index (χ1v) is 14.6. The van der Waals surface area contributed by atoms with E-state index in [1.807, 2.05) is 24.3 Å². The number of carbonyl (C=O) groups is 3. The van der Waals surface area contributed by atoms with Crippen LogP contribution in [0, 0.1) is 17.6 Å². The second-order valence-corrected chi connectivity index (χ2v) is 11.8. The summed E-state index contributed by atoms with van der Waals surface area (Å²) in [4.78, 5) is 46.0. The molecule has 11 heteroatoms. The average Bonchev–Trinajstić information content (AvgIpc) is 3.50. The summed E-state index contributed by atoms with van der Waals surface area (Å²) in [5.41, 5.74) is 2.95. The molecule has 3 aliphatic heterocycles. The van der Waals surface area contributed by atoms with Crippen molar-refractivity contribution in [3.8, 4) is 0 Å². The van der Waals surface area contributed by atoms with Crippen LogP contribution in [0.3, 0.4) is 0 Å². The molecule has 4 aliphatic rings. The van der Waals surface area contributed by atoms with Gasteiger partial charge in [-0.25, -0.2) is 13.8 Å². The molecule has 1 aromatic heterocycles. The number of anilines is 2. The minimum absolute atomic E-state index is 0.0363. The largest absolute Gasteiger partial charge is 0.381 e. The summed E-state index contributed by atoms with van der Waals surface area (Å²) >= 11 is 0. The topological polar surface area (TPSA) is 113 Å². The molecule has 4 heterocycles. The van der Waals surface area contributed by atoms with Crippen LogP contribution in [0.1, 0.15) is 41.1 Å². The van der Waals surface area contributed by atoms with Gasteiger partial charge in [-0.2, -0.15) is 0 Å². The molecule has 3 aromatic rings. The molecule has 2 aromatic carbocycles. The first-order chi connectivity index (χ1) is 20.8. The van der Waals surface area contributed by atoms with Crippen LogP contribution < -0.4 is 16.0 Å². The number of ether oxygens (including phenoxy) is 1. The Bertz CT molecular complexity index is 1610. The first kappa shape index (κ1) is 27.6. The smallest absolute Gasteiger partial charge is 0.244 e. The standard InChI is InChI=1S/C32H31F2N5O4/c33-22-10-20(11-23(34)13-22)26-16-36-28(18-5-8-43-9-6-18)30(41)39(26)17-27(40)37-24-4-3-19-14-32(15-21(19)12-24)25-2-1-7-35-29(25)38-31(32)42/h1-4,7,10-13,18,26,28,36H,5-6,8-9,14-17H2,(H,37,40)(H,35,38,42). The highest BCUT2D eigenvalue weighted by Gasteiger charge is 2.51. The van der Waals surface area contributed by atoms with Crippen molar-refractivity contribution in [3.05, 3.63) is 88.6 Å². The maximum atomic E-state index is 14.2. The molecule has 0 bridgehead atoms. The minimum atomic E-state index is -0.747. The van der Waals surface area contributed by atoms with Gasteiger partial charge in [0.25, 0.3) is 0 Å². The van der Waals surface area contributed by atoms with E-state index < -0.39 is 35.0 Å². The molecule has 9 nitrogen and oxygen atoms in total. The second-order valence-electron chi connectivity index (χ2n) is 11.8. The molecule has 1 aliphatic carbocycles. The lowest BCUT2D eigenvalue weighted by molar-refractivity contribution is -0.144. The van der Waals surface area contributed by atoms with E-state index in [0.29, 0.717) is 50.4 Å². The first-order valence-electron chi connectivity index (χ1n) is 14.6. The number of amides is 3. The highest BCUT2D eigenvalue weighted by Crippen LogP contribution is 2.47. The Morgan fingerprint density at radius 3 is 2.60 bits per heavy atom. The summed E-state index contributed by atoms with van der Waals surface area (Å²) in [7, 11) is 0. The summed E-state index contributed by atoms with van der Waals surface area (Å²) in [6.45, 7) is 1.08. The van der Waals surface area contributed by atoms with Crippen LogP contribution in [-0.2, 0) is 37.4 Å². The maximum Gasteiger partial charge on any atom is 0.244 e. The molecular weight excluding hydrogens is 556 g/mol. The number of halogens is 2. The Balaban J connectivity index is 1.11. The van der Waals surface area contributed by atoms with Crippen LogP contribution in [0.4, 0.5) is 20.3 Å². The molecule has 3 amide bonds. The lowest BCUT2D eigenvalue weighted by atomic mass is 9.79. The fraction of sp³-hybridized carbons (Fsp3) is 0.375. The van der Waals surface area contributed by atoms with Crippen molar-refractivity contribution in [1.29, 1.82) is 0 Å². The van der Waals surface area contributed by atoms with E-state index in [9.17, 15) is 23.2 Å². The zero-order chi connectivity index (χ0) is 29.7. The van der Waals surface area contributed by atoms with Gasteiger partial charge in [0.1, 0.15) is 24.0 Å². The highest BCUT2D eigenvalue weighted by molar-refractivity contribution is 6.06. The summed E-state index contributed by atoms with van der Waals surface area (Å²) < 4.78 is 33.8. The van der Waals surface area contributed by atoms with E-state index >= 15 is 0 Å². The molecule has 3 unspecified atom stereocenters. The number of nitrogens with one attached hydrogen (secondary N) is 3. The lowest BCUT2D eigenvalue weighted by Crippen LogP contribution is -2.60. The van der Waals surface area contributed by atoms with Gasteiger partial charge in [0.15, 0.2) is 0 Å². The molecule has 7 rings (SSSR count). The van der Waals surface area contributed by atoms with Gasteiger partial charge < -0.3 is 25.6 Å². The third-order valence-corrected chi connectivity index (χ3v) is 9.24. The fourth-order valence-corrected chi connectivity index (χ4v) is 7.14. The molecule has 2 fully saturated rings. The third-order valence-electron chi connectivity index (χ3n) is 9.24. The second kappa shape index (κ2) is 10.8. The quantitative estimate of drug-likeness (QED) is 0.423. The molecule has 1 spiro atoms. The molecule has 222 valence electrons. The predicted octanol–water partition coefficient (Wildman–Crippen LogP) is 3.26. The van der Waals surface area contributed by atoms with Crippen LogP contribution in [-0.4, -0.2) is 60.0 Å². The van der Waals surface area contributed by atoms with Crippen molar-refractivity contribution in [3.63, 3.8) is 0 Å². The van der Waals surface area contributed by atoms with E-state index in [1.54, 1.807) is 12.3 Å². The summed E-state index contributed by atoms with van der Waals surface area (Å²) in [5.74, 6) is -1.66. The Hall–Kier alpha value is -4.22. The van der Waals surface area contributed by atoms with Crippen LogP contribution in [0.25, 0.3) is 0 Å². The summed E-state index contributed by atoms with van der Waals surface area (Å²) in [5, 5.41) is 9.08. The van der Waals surface area contributed by atoms with E-state index in [1.165, 1.54) is 17.0 Å². The number of hydrogen-bond acceptors (Lipinski definition) is 6. The predicted molar refractivity (Wildman–Crippen MR) is 153 cm³/mol. The van der Waals surface area contributed by atoms with Gasteiger partial charge in [0, 0.05) is 43.3 Å². The number of nitrogens with zero attached hydrogens (tertiary/aromatic N) is 2. The number of carbonyl (C=O) groups excluding carboxylic acids is 3. The fourth-order valence-electron chi connectivity index (χ4n) is 7.14. The Morgan fingerprint density at radius 2 is 1.81 bits per heavy atom. The lowest BCUT2D eigenvalue weighted by Gasteiger charge is -2.43. The van der Waals surface area contributed by atoms with Crippen molar-refractivity contribution in [1.82, 2.24) is 15.2 Å². The Kier molecular flexibility index (Phi) is 6.94. The van der Waals surface area contributed by atoms with Gasteiger partial charge in [-0.3, -0.25) is 14.4 Å². The molecule has 0 saturated carbocycles. The van der Waals surface area contributed by atoms with Crippen molar-refractivity contribution in [2.24, 2.45) is 5.92 Å². The van der Waals surface area contributed by atoms with Crippen molar-refractivity contribution < 1.29 is 27.9 Å². The van der Waals surface area contributed by atoms with Crippen LogP contribution >= 0.6 is 0 Å². The number of hydrogen-bond donors (Lipinski definition) is 3. The van der Waals surface area contributed by atoms with Crippen molar-refractivity contribution >= 4 is 29.2 Å². The normalized spacial score (nSPS) is 25.0. The highest BCUT2D eigenvalue weighted by atomic mass is 19.1. The maximum absolute atomic E-state index is 14.2. The number of fused-ring (bicyclic) bond motifs is 3. The van der Waals surface area contributed by atoms with Gasteiger partial charge in [-0.1, -0.05) is 12.1 Å². The molecule has 43 heavy (non-hydrogen) atoms. The zero-order valence-electron chi connectivity index (χ0n) is 23.4. The summed E-state index contributed by atoms with van der Waals surface area (Å²) in [6.07, 6.45) is 4.08. The molecular formula is C32H31F2N5O4. The average molecular weight is 588 g/mol. The third kappa shape index (κ3) is 4.96. The van der Waals surface area contributed by atoms with E-state index in [0.717, 1.165) is 22.8 Å². The Labute approximate surface area is 247 Å². The van der Waals surface area contributed by atoms with Crippen LogP contribution in [0.5, 0.6) is 0 Å². The number of pyridine rings is 1. The van der Waals surface area contributed by atoms with Crippen molar-refractivity contribution in [2.75, 3.05) is 36.9 Å². The van der Waals surface area contributed by atoms with Gasteiger partial charge in [-0.05, 0) is 78.6 Å². The molecule has 2 saturated heterocycles. The Morgan fingerprint density at radius 1 is 1.05 bits per heavy atom. The number of piperazine rings is 1. The van der Waals surface area contributed by atoms with Crippen molar-refractivity contribution in [2.45, 2.75) is 43.2 Å². The molecule has 3 atom stereocenters. The number of aromatic nitrogens is 1. The van der Waals surface area contributed by atoms with E-state index in [2.05, 4.69) is 20.9 Å². The van der Waals surface area contributed by atoms with E-state index in [4.69, 9.17) is 4.74 Å². The molecule has 3 N–H and O–H groups in total. The van der Waals surface area contributed by atoms with E-state index in [-0.39, 0.29) is 36.4 Å². The number of rotatable bonds is 5. The minimum Gasteiger partial charge on any atom is -0.381 e. The molecule has 0 radical (unpaired) electrons. The SMILES string of the molecule is O=C(CN1C(=O)C(C2CCOCC2)NCC1c1cc(F)cc(F)c1)Nc1ccc2c(c1)CC1(C2)C(=O)Nc2ncccc21. The monoisotopic (exact) mass is 587 g/mol.